The number of pyridine rings is 1. The van der Waals surface area contributed by atoms with Gasteiger partial charge in [-0.25, -0.2) is 0 Å². The molecule has 0 saturated carbocycles. The summed E-state index contributed by atoms with van der Waals surface area (Å²) in [6.07, 6.45) is 6.37. The Balaban J connectivity index is 2.86. The molecule has 1 aromatic rings. The molecule has 0 fully saturated rings. The van der Waals surface area contributed by atoms with E-state index in [4.69, 9.17) is 5.26 Å². The van der Waals surface area contributed by atoms with E-state index in [1.54, 1.807) is 24.5 Å². The second-order valence-electron chi connectivity index (χ2n) is 2.41. The Labute approximate surface area is 82.1 Å². The van der Waals surface area contributed by atoms with Crippen LogP contribution in [0.1, 0.15) is 5.56 Å². The average molecular weight is 187 g/mol. The first-order valence-corrected chi connectivity index (χ1v) is 3.95. The molecule has 0 saturated heterocycles. The Hall–Kier alpha value is -2.15. The van der Waals surface area contributed by atoms with Crippen molar-refractivity contribution in [2.75, 3.05) is 7.11 Å². The van der Waals surface area contributed by atoms with Crippen LogP contribution in [0.2, 0.25) is 0 Å². The molecule has 4 nitrogen and oxygen atoms in total. The molecular formula is C10H9N3O. The zero-order valence-electron chi connectivity index (χ0n) is 7.71. The molecule has 0 aliphatic carbocycles. The molecule has 1 heterocycles. The minimum atomic E-state index is 0.417. The molecule has 0 aliphatic heterocycles. The van der Waals surface area contributed by atoms with Crippen LogP contribution in [0.5, 0.6) is 0 Å². The number of nitrogens with zero attached hydrogens (tertiary/aromatic N) is 3. The highest BCUT2D eigenvalue weighted by atomic mass is 16.6. The van der Waals surface area contributed by atoms with Gasteiger partial charge >= 0.3 is 0 Å². The third kappa shape index (κ3) is 3.07. The highest BCUT2D eigenvalue weighted by molar-refractivity contribution is 5.89. The van der Waals surface area contributed by atoms with E-state index in [0.29, 0.717) is 5.57 Å². The fourth-order valence-corrected chi connectivity index (χ4v) is 0.849. The molecule has 0 amide bonds. The summed E-state index contributed by atoms with van der Waals surface area (Å²) in [6.45, 7) is 0. The summed E-state index contributed by atoms with van der Waals surface area (Å²) < 4.78 is 0. The van der Waals surface area contributed by atoms with Gasteiger partial charge in [0.05, 0.1) is 11.8 Å². The molecule has 0 unspecified atom stereocenters. The SMILES string of the molecule is CON=CC(C#N)=Cc1cccnc1. The average Bonchev–Trinajstić information content (AvgIpc) is 2.25. The van der Waals surface area contributed by atoms with Crippen LogP contribution in [0.3, 0.4) is 0 Å². The van der Waals surface area contributed by atoms with Crippen molar-refractivity contribution in [2.24, 2.45) is 5.16 Å². The number of nitriles is 1. The molecule has 70 valence electrons. The van der Waals surface area contributed by atoms with Gasteiger partial charge < -0.3 is 4.84 Å². The Morgan fingerprint density at radius 3 is 3.14 bits per heavy atom. The van der Waals surface area contributed by atoms with Gasteiger partial charge in [0.1, 0.15) is 13.2 Å². The van der Waals surface area contributed by atoms with Gasteiger partial charge in [0.15, 0.2) is 0 Å². The van der Waals surface area contributed by atoms with Gasteiger partial charge in [-0.15, -0.1) is 0 Å². The van der Waals surface area contributed by atoms with Gasteiger partial charge in [0, 0.05) is 12.4 Å². The topological polar surface area (TPSA) is 58.3 Å². The van der Waals surface area contributed by atoms with Crippen LogP contribution >= 0.6 is 0 Å². The second kappa shape index (κ2) is 5.49. The Morgan fingerprint density at radius 1 is 1.71 bits per heavy atom. The van der Waals surface area contributed by atoms with Crippen LogP contribution in [0.4, 0.5) is 0 Å². The number of allylic oxidation sites excluding steroid dienone is 1. The van der Waals surface area contributed by atoms with Gasteiger partial charge in [-0.3, -0.25) is 4.98 Å². The van der Waals surface area contributed by atoms with Crippen molar-refractivity contribution in [3.8, 4) is 6.07 Å². The summed E-state index contributed by atoms with van der Waals surface area (Å²) in [5.74, 6) is 0. The van der Waals surface area contributed by atoms with E-state index in [1.165, 1.54) is 13.3 Å². The van der Waals surface area contributed by atoms with Crippen molar-refractivity contribution in [2.45, 2.75) is 0 Å². The van der Waals surface area contributed by atoms with E-state index >= 15 is 0 Å². The Bertz CT molecular complexity index is 376. The van der Waals surface area contributed by atoms with Crippen LogP contribution in [0.25, 0.3) is 6.08 Å². The van der Waals surface area contributed by atoms with Crippen LogP contribution in [0.15, 0.2) is 35.3 Å². The molecule has 0 aliphatic rings. The van der Waals surface area contributed by atoms with E-state index in [0.717, 1.165) is 5.56 Å². The fourth-order valence-electron chi connectivity index (χ4n) is 0.849. The summed E-state index contributed by atoms with van der Waals surface area (Å²) in [4.78, 5) is 8.40. The third-order valence-electron chi connectivity index (χ3n) is 1.43. The number of hydrogen-bond donors (Lipinski definition) is 0. The van der Waals surface area contributed by atoms with E-state index in [2.05, 4.69) is 15.0 Å². The van der Waals surface area contributed by atoms with Crippen molar-refractivity contribution in [3.63, 3.8) is 0 Å². The number of hydrogen-bond acceptors (Lipinski definition) is 4. The molecular weight excluding hydrogens is 178 g/mol. The molecule has 0 bridgehead atoms. The highest BCUT2D eigenvalue weighted by Gasteiger charge is 1.91. The van der Waals surface area contributed by atoms with Crippen molar-refractivity contribution >= 4 is 12.3 Å². The normalized spacial score (nSPS) is 11.3. The molecule has 0 spiro atoms. The largest absolute Gasteiger partial charge is 0.399 e. The summed E-state index contributed by atoms with van der Waals surface area (Å²) >= 11 is 0. The third-order valence-corrected chi connectivity index (χ3v) is 1.43. The Morgan fingerprint density at radius 2 is 2.57 bits per heavy atom. The predicted molar refractivity (Wildman–Crippen MR) is 53.3 cm³/mol. The van der Waals surface area contributed by atoms with Gasteiger partial charge in [0.25, 0.3) is 0 Å². The van der Waals surface area contributed by atoms with Crippen LogP contribution in [-0.2, 0) is 4.84 Å². The molecule has 4 heteroatoms. The summed E-state index contributed by atoms with van der Waals surface area (Å²) in [5.41, 5.74) is 1.27. The standard InChI is InChI=1S/C10H9N3O/c1-14-13-8-10(6-11)5-9-3-2-4-12-7-9/h2-5,7-8H,1H3. The lowest BCUT2D eigenvalue weighted by molar-refractivity contribution is 0.215. The molecule has 0 radical (unpaired) electrons. The summed E-state index contributed by atoms with van der Waals surface area (Å²) in [6, 6.07) is 5.64. The zero-order valence-corrected chi connectivity index (χ0v) is 7.71. The van der Waals surface area contributed by atoms with E-state index in [9.17, 15) is 0 Å². The molecule has 14 heavy (non-hydrogen) atoms. The van der Waals surface area contributed by atoms with E-state index in [1.807, 2.05) is 12.1 Å². The van der Waals surface area contributed by atoms with Gasteiger partial charge in [-0.05, 0) is 17.7 Å². The van der Waals surface area contributed by atoms with E-state index < -0.39 is 0 Å². The van der Waals surface area contributed by atoms with E-state index in [-0.39, 0.29) is 0 Å². The molecule has 0 aromatic carbocycles. The van der Waals surface area contributed by atoms with Gasteiger partial charge in [-0.2, -0.15) is 5.26 Å². The first-order chi connectivity index (χ1) is 6.86. The van der Waals surface area contributed by atoms with Gasteiger partial charge in [-0.1, -0.05) is 11.2 Å². The van der Waals surface area contributed by atoms with Crippen LogP contribution < -0.4 is 0 Å². The van der Waals surface area contributed by atoms with Crippen molar-refractivity contribution in [3.05, 3.63) is 35.7 Å². The van der Waals surface area contributed by atoms with Crippen molar-refractivity contribution < 1.29 is 4.84 Å². The highest BCUT2D eigenvalue weighted by Crippen LogP contribution is 2.02. The van der Waals surface area contributed by atoms with Crippen molar-refractivity contribution in [1.29, 1.82) is 5.26 Å². The number of rotatable bonds is 3. The number of oxime groups is 1. The Kier molecular flexibility index (Phi) is 3.89. The monoisotopic (exact) mass is 187 g/mol. The fraction of sp³-hybridized carbons (Fsp3) is 0.100. The first kappa shape index (κ1) is 9.93. The smallest absolute Gasteiger partial charge is 0.106 e. The maximum Gasteiger partial charge on any atom is 0.106 e. The molecule has 0 atom stereocenters. The zero-order chi connectivity index (χ0) is 10.2. The number of aromatic nitrogens is 1. The first-order valence-electron chi connectivity index (χ1n) is 3.95. The quantitative estimate of drug-likeness (QED) is 0.410. The van der Waals surface area contributed by atoms with Gasteiger partial charge in [0.2, 0.25) is 0 Å². The minimum Gasteiger partial charge on any atom is -0.399 e. The lowest BCUT2D eigenvalue weighted by Gasteiger charge is -1.91. The lowest BCUT2D eigenvalue weighted by Crippen LogP contribution is -1.83. The summed E-state index contributed by atoms with van der Waals surface area (Å²) in [5, 5.41) is 12.2. The molecule has 0 N–H and O–H groups in total. The minimum absolute atomic E-state index is 0.417. The second-order valence-corrected chi connectivity index (χ2v) is 2.41. The molecule has 1 rings (SSSR count). The maximum absolute atomic E-state index is 8.73. The summed E-state index contributed by atoms with van der Waals surface area (Å²) in [7, 11) is 1.43. The van der Waals surface area contributed by atoms with Crippen LogP contribution in [0, 0.1) is 11.3 Å². The van der Waals surface area contributed by atoms with Crippen molar-refractivity contribution in [1.82, 2.24) is 4.98 Å². The van der Waals surface area contributed by atoms with Crippen LogP contribution in [-0.4, -0.2) is 18.3 Å². The molecule has 1 aromatic heterocycles. The lowest BCUT2D eigenvalue weighted by atomic mass is 10.2. The predicted octanol–water partition coefficient (Wildman–Crippen LogP) is 1.62. The maximum atomic E-state index is 8.73.